The molecule has 0 radical (unpaired) electrons. The van der Waals surface area contributed by atoms with Crippen LogP contribution in [0.15, 0.2) is 5.38 Å². The van der Waals surface area contributed by atoms with Gasteiger partial charge in [0.15, 0.2) is 6.04 Å². The number of nitrogens with zero attached hydrogens (tertiary/aromatic N) is 2. The molecule has 2 amide bonds. The number of hydrogen-bond acceptors (Lipinski definition) is 5. The topological polar surface area (TPSA) is 91.8 Å². The fraction of sp³-hybridized carbons (Fsp3) is 0.643. The summed E-state index contributed by atoms with van der Waals surface area (Å²) in [4.78, 5) is 29.1. The molecule has 1 aromatic rings. The highest BCUT2D eigenvalue weighted by Gasteiger charge is 2.27. The molecule has 0 saturated carbocycles. The van der Waals surface area contributed by atoms with Gasteiger partial charge in [0.1, 0.15) is 0 Å². The number of urea groups is 1. The van der Waals surface area contributed by atoms with E-state index in [0.717, 1.165) is 10.7 Å². The van der Waals surface area contributed by atoms with Crippen LogP contribution in [0.2, 0.25) is 0 Å². The van der Waals surface area contributed by atoms with Crippen molar-refractivity contribution < 1.29 is 19.4 Å². The van der Waals surface area contributed by atoms with Crippen LogP contribution in [0, 0.1) is 0 Å². The number of nitrogens with one attached hydrogen (secondary N) is 1. The van der Waals surface area contributed by atoms with E-state index < -0.39 is 24.1 Å². The van der Waals surface area contributed by atoms with Gasteiger partial charge in [-0.1, -0.05) is 13.8 Å². The zero-order chi connectivity index (χ0) is 16.9. The number of aromatic nitrogens is 1. The minimum Gasteiger partial charge on any atom is -0.480 e. The van der Waals surface area contributed by atoms with Crippen molar-refractivity contribution in [2.45, 2.75) is 45.4 Å². The van der Waals surface area contributed by atoms with Crippen molar-refractivity contribution in [3.8, 4) is 0 Å². The number of carboxylic acids is 1. The minimum absolute atomic E-state index is 0.322. The Balaban J connectivity index is 2.65. The van der Waals surface area contributed by atoms with E-state index in [1.807, 2.05) is 5.38 Å². The highest BCUT2D eigenvalue weighted by molar-refractivity contribution is 7.09. The van der Waals surface area contributed by atoms with Gasteiger partial charge in [0.2, 0.25) is 0 Å². The highest BCUT2D eigenvalue weighted by Crippen LogP contribution is 2.19. The fourth-order valence-electron chi connectivity index (χ4n) is 1.73. The van der Waals surface area contributed by atoms with Crippen LogP contribution in [0.5, 0.6) is 0 Å². The monoisotopic (exact) mass is 329 g/mol. The van der Waals surface area contributed by atoms with E-state index in [-0.39, 0.29) is 0 Å². The van der Waals surface area contributed by atoms with Gasteiger partial charge in [-0.3, -0.25) is 0 Å². The average Bonchev–Trinajstić information content (AvgIpc) is 2.91. The van der Waals surface area contributed by atoms with Crippen LogP contribution in [-0.2, 0) is 16.1 Å². The molecule has 2 atom stereocenters. The minimum atomic E-state index is -1.13. The molecule has 2 N–H and O–H groups in total. The fourth-order valence-corrected chi connectivity index (χ4v) is 2.56. The summed E-state index contributed by atoms with van der Waals surface area (Å²) < 4.78 is 4.98. The largest absolute Gasteiger partial charge is 0.480 e. The third kappa shape index (κ3) is 4.96. The van der Waals surface area contributed by atoms with Gasteiger partial charge in [-0.15, -0.1) is 11.3 Å². The lowest BCUT2D eigenvalue weighted by atomic mass is 10.2. The Labute approximate surface area is 134 Å². The summed E-state index contributed by atoms with van der Waals surface area (Å²) in [6.45, 7) is 6.03. The smallest absolute Gasteiger partial charge is 0.328 e. The first-order chi connectivity index (χ1) is 10.3. The molecular weight excluding hydrogens is 306 g/mol. The van der Waals surface area contributed by atoms with Crippen molar-refractivity contribution in [1.29, 1.82) is 0 Å². The van der Waals surface area contributed by atoms with Crippen molar-refractivity contribution in [2.75, 3.05) is 14.2 Å². The first-order valence-electron chi connectivity index (χ1n) is 6.97. The Morgan fingerprint density at radius 3 is 2.55 bits per heavy atom. The lowest BCUT2D eigenvalue weighted by Gasteiger charge is -2.23. The average molecular weight is 329 g/mol. The molecule has 1 rings (SSSR count). The van der Waals surface area contributed by atoms with E-state index in [9.17, 15) is 9.59 Å². The number of aliphatic carboxylic acids is 1. The SMILES string of the molecule is COC(C)C(NC(=O)N(C)Cc1csc(C(C)C)n1)C(=O)O. The van der Waals surface area contributed by atoms with E-state index in [1.54, 1.807) is 25.3 Å². The molecule has 0 fully saturated rings. The second-order valence-electron chi connectivity index (χ2n) is 5.39. The van der Waals surface area contributed by atoms with Crippen molar-refractivity contribution in [3.63, 3.8) is 0 Å². The van der Waals surface area contributed by atoms with E-state index in [1.165, 1.54) is 12.0 Å². The maximum atomic E-state index is 12.1. The Bertz CT molecular complexity index is 518. The molecule has 2 unspecified atom stereocenters. The Morgan fingerprint density at radius 1 is 1.45 bits per heavy atom. The number of methoxy groups -OCH3 is 1. The predicted molar refractivity (Wildman–Crippen MR) is 84.1 cm³/mol. The van der Waals surface area contributed by atoms with Gasteiger partial charge in [-0.05, 0) is 6.92 Å². The summed E-state index contributed by atoms with van der Waals surface area (Å²) in [5, 5.41) is 14.5. The van der Waals surface area contributed by atoms with Crippen LogP contribution in [0.25, 0.3) is 0 Å². The van der Waals surface area contributed by atoms with E-state index in [2.05, 4.69) is 24.1 Å². The van der Waals surface area contributed by atoms with Gasteiger partial charge < -0.3 is 20.1 Å². The van der Waals surface area contributed by atoms with Crippen LogP contribution in [0.1, 0.15) is 37.4 Å². The molecule has 7 nitrogen and oxygen atoms in total. The number of ether oxygens (including phenoxy) is 1. The van der Waals surface area contributed by atoms with Crippen molar-refractivity contribution >= 4 is 23.3 Å². The molecule has 0 saturated heterocycles. The third-order valence-electron chi connectivity index (χ3n) is 3.20. The van der Waals surface area contributed by atoms with E-state index in [0.29, 0.717) is 12.5 Å². The number of rotatable bonds is 7. The van der Waals surface area contributed by atoms with Crippen LogP contribution in [-0.4, -0.2) is 53.3 Å². The standard InChI is InChI=1S/C14H23N3O4S/c1-8(2)12-15-10(7-22-12)6-17(4)14(20)16-11(13(18)19)9(3)21-5/h7-9,11H,6H2,1-5H3,(H,16,20)(H,18,19). The summed E-state index contributed by atoms with van der Waals surface area (Å²) in [5.74, 6) is -0.788. The number of carbonyl (C=O) groups is 2. The lowest BCUT2D eigenvalue weighted by molar-refractivity contribution is -0.142. The summed E-state index contributed by atoms with van der Waals surface area (Å²) in [5.41, 5.74) is 0.790. The molecule has 0 aliphatic heterocycles. The van der Waals surface area contributed by atoms with E-state index in [4.69, 9.17) is 9.84 Å². The summed E-state index contributed by atoms with van der Waals surface area (Å²) in [6.07, 6.45) is -0.623. The molecule has 0 bridgehead atoms. The van der Waals surface area contributed by atoms with Crippen molar-refractivity contribution in [3.05, 3.63) is 16.1 Å². The van der Waals surface area contributed by atoms with Gasteiger partial charge >= 0.3 is 12.0 Å². The molecule has 0 aliphatic carbocycles. The van der Waals surface area contributed by atoms with Crippen LogP contribution in [0.4, 0.5) is 4.79 Å². The Morgan fingerprint density at radius 2 is 2.09 bits per heavy atom. The summed E-state index contributed by atoms with van der Waals surface area (Å²) >= 11 is 1.56. The molecule has 0 spiro atoms. The molecule has 0 aromatic carbocycles. The predicted octanol–water partition coefficient (Wildman–Crippen LogP) is 1.90. The summed E-state index contributed by atoms with van der Waals surface area (Å²) in [7, 11) is 3.00. The second-order valence-corrected chi connectivity index (χ2v) is 6.28. The number of thiazole rings is 1. The number of amides is 2. The van der Waals surface area contributed by atoms with Gasteiger partial charge in [0.05, 0.1) is 23.4 Å². The van der Waals surface area contributed by atoms with Gasteiger partial charge in [-0.25, -0.2) is 14.6 Å². The molecule has 1 aromatic heterocycles. The van der Waals surface area contributed by atoms with Crippen LogP contribution < -0.4 is 5.32 Å². The van der Waals surface area contributed by atoms with Gasteiger partial charge in [-0.2, -0.15) is 0 Å². The first-order valence-corrected chi connectivity index (χ1v) is 7.85. The third-order valence-corrected chi connectivity index (χ3v) is 4.39. The van der Waals surface area contributed by atoms with Crippen molar-refractivity contribution in [1.82, 2.24) is 15.2 Å². The van der Waals surface area contributed by atoms with Gasteiger partial charge in [0.25, 0.3) is 0 Å². The summed E-state index contributed by atoms with van der Waals surface area (Å²) in [6, 6.07) is -1.57. The van der Waals surface area contributed by atoms with Crippen LogP contribution >= 0.6 is 11.3 Å². The van der Waals surface area contributed by atoms with Crippen molar-refractivity contribution in [2.24, 2.45) is 0 Å². The normalized spacial score (nSPS) is 13.7. The van der Waals surface area contributed by atoms with E-state index >= 15 is 0 Å². The molecule has 1 heterocycles. The molecule has 0 aliphatic rings. The maximum absolute atomic E-state index is 12.1. The number of carboxylic acid groups (broad SMARTS) is 1. The number of carbonyl (C=O) groups excluding carboxylic acids is 1. The quantitative estimate of drug-likeness (QED) is 0.797. The maximum Gasteiger partial charge on any atom is 0.328 e. The lowest BCUT2D eigenvalue weighted by Crippen LogP contribution is -2.51. The molecule has 22 heavy (non-hydrogen) atoms. The Hall–Kier alpha value is -1.67. The molecule has 124 valence electrons. The van der Waals surface area contributed by atoms with Crippen LogP contribution in [0.3, 0.4) is 0 Å². The number of hydrogen-bond donors (Lipinski definition) is 2. The van der Waals surface area contributed by atoms with Gasteiger partial charge in [0, 0.05) is 25.5 Å². The Kier molecular flexibility index (Phi) is 6.76. The first kappa shape index (κ1) is 18.4. The highest BCUT2D eigenvalue weighted by atomic mass is 32.1. The molecular formula is C14H23N3O4S. The molecule has 8 heteroatoms. The zero-order valence-corrected chi connectivity index (χ0v) is 14.3. The second kappa shape index (κ2) is 8.09. The zero-order valence-electron chi connectivity index (χ0n) is 13.5.